The molecule has 1 fully saturated rings. The van der Waals surface area contributed by atoms with E-state index in [9.17, 15) is 14.4 Å². The zero-order valence-corrected chi connectivity index (χ0v) is 11.4. The molecule has 0 aromatic carbocycles. The van der Waals surface area contributed by atoms with Gasteiger partial charge in [0.25, 0.3) is 5.91 Å². The van der Waals surface area contributed by atoms with E-state index in [1.165, 1.54) is 18.7 Å². The minimum Gasteiger partial charge on any atom is -0.478 e. The molecule has 0 aromatic heterocycles. The predicted octanol–water partition coefficient (Wildman–Crippen LogP) is 0.962. The molecule has 0 aromatic rings. The Kier molecular flexibility index (Phi) is 5.09. The minimum absolute atomic E-state index is 0.000455. The number of carbonyl (C=O) groups excluding carboxylic acids is 2. The lowest BCUT2D eigenvalue weighted by atomic mass is 10.1. The van der Waals surface area contributed by atoms with Crippen LogP contribution in [-0.4, -0.2) is 47.0 Å². The molecule has 1 aliphatic carbocycles. The van der Waals surface area contributed by atoms with Gasteiger partial charge in [0, 0.05) is 17.2 Å². The summed E-state index contributed by atoms with van der Waals surface area (Å²) in [5.41, 5.74) is 0.156. The molecule has 1 saturated carbocycles. The molecule has 1 aliphatic rings. The fraction of sp³-hybridized carbons (Fsp3) is 0.615. The molecule has 0 aliphatic heterocycles. The van der Waals surface area contributed by atoms with E-state index in [0.717, 1.165) is 12.8 Å². The number of hydrogen-bond donors (Lipinski definition) is 1. The lowest BCUT2D eigenvalue weighted by Crippen LogP contribution is -2.39. The quantitative estimate of drug-likeness (QED) is 0.573. The van der Waals surface area contributed by atoms with Crippen LogP contribution < -0.4 is 0 Å². The topological polar surface area (TPSA) is 83.9 Å². The molecule has 1 N–H and O–H groups in total. The number of hydrogen-bond acceptors (Lipinski definition) is 4. The van der Waals surface area contributed by atoms with Crippen LogP contribution in [0.4, 0.5) is 0 Å². The molecular weight excluding hydrogens is 250 g/mol. The van der Waals surface area contributed by atoms with Crippen LogP contribution >= 0.6 is 0 Å². The number of carboxylic acids is 1. The maximum atomic E-state index is 12.2. The van der Waals surface area contributed by atoms with Crippen molar-refractivity contribution < 1.29 is 24.2 Å². The Hall–Kier alpha value is -1.85. The van der Waals surface area contributed by atoms with Crippen molar-refractivity contribution in [1.82, 2.24) is 4.90 Å². The Morgan fingerprint density at radius 2 is 1.79 bits per heavy atom. The number of aliphatic carboxylic acids is 1. The number of ether oxygens (including phenoxy) is 1. The summed E-state index contributed by atoms with van der Waals surface area (Å²) in [4.78, 5) is 35.9. The highest BCUT2D eigenvalue weighted by Gasteiger charge is 2.35. The van der Waals surface area contributed by atoms with E-state index in [-0.39, 0.29) is 30.3 Å². The second-order valence-corrected chi connectivity index (χ2v) is 4.52. The Morgan fingerprint density at radius 3 is 2.21 bits per heavy atom. The van der Waals surface area contributed by atoms with E-state index in [2.05, 4.69) is 0 Å². The van der Waals surface area contributed by atoms with Crippen LogP contribution in [0, 0.1) is 0 Å². The number of amides is 1. The highest BCUT2D eigenvalue weighted by molar-refractivity contribution is 6.02. The Bertz CT molecular complexity index is 423. The summed E-state index contributed by atoms with van der Waals surface area (Å²) in [5.74, 6) is -2.00. The molecule has 1 rings (SSSR count). The van der Waals surface area contributed by atoms with Crippen LogP contribution in [0.3, 0.4) is 0 Å². The number of nitrogens with zero attached hydrogens (tertiary/aromatic N) is 1. The lowest BCUT2D eigenvalue weighted by molar-refractivity contribution is -0.148. The summed E-state index contributed by atoms with van der Waals surface area (Å²) in [5, 5.41) is 8.88. The molecule has 6 nitrogen and oxygen atoms in total. The predicted molar refractivity (Wildman–Crippen MR) is 67.4 cm³/mol. The van der Waals surface area contributed by atoms with Gasteiger partial charge in [-0.05, 0) is 33.6 Å². The second kappa shape index (κ2) is 6.36. The van der Waals surface area contributed by atoms with Crippen molar-refractivity contribution in [2.75, 3.05) is 13.2 Å². The van der Waals surface area contributed by atoms with Gasteiger partial charge in [-0.15, -0.1) is 0 Å². The van der Waals surface area contributed by atoms with Gasteiger partial charge < -0.3 is 14.7 Å². The van der Waals surface area contributed by atoms with Gasteiger partial charge in [0.15, 0.2) is 0 Å². The van der Waals surface area contributed by atoms with E-state index in [1.807, 2.05) is 0 Å². The lowest BCUT2D eigenvalue weighted by Gasteiger charge is -2.22. The second-order valence-electron chi connectivity index (χ2n) is 4.52. The summed E-state index contributed by atoms with van der Waals surface area (Å²) in [6.45, 7) is 4.67. The summed E-state index contributed by atoms with van der Waals surface area (Å²) in [6.07, 6.45) is 1.68. The molecule has 0 spiro atoms. The standard InChI is InChI=1S/C13H19NO5/c1-4-19-11(15)7-14(10-5-6-10)12(16)8(2)9(3)13(17)18/h10H,4-7H2,1-3H3,(H,17,18). The van der Waals surface area contributed by atoms with E-state index in [4.69, 9.17) is 9.84 Å². The SMILES string of the molecule is CCOC(=O)CN(C(=O)C(C)=C(C)C(=O)O)C1CC1. The maximum Gasteiger partial charge on any atom is 0.331 e. The van der Waals surface area contributed by atoms with Crippen molar-refractivity contribution in [3.05, 3.63) is 11.1 Å². The molecule has 0 heterocycles. The summed E-state index contributed by atoms with van der Waals surface area (Å²) >= 11 is 0. The molecular formula is C13H19NO5. The first-order valence-electron chi connectivity index (χ1n) is 6.25. The summed E-state index contributed by atoms with van der Waals surface area (Å²) < 4.78 is 4.82. The van der Waals surface area contributed by atoms with Crippen LogP contribution in [0.5, 0.6) is 0 Å². The van der Waals surface area contributed by atoms with Crippen molar-refractivity contribution in [1.29, 1.82) is 0 Å². The van der Waals surface area contributed by atoms with Crippen LogP contribution in [0.1, 0.15) is 33.6 Å². The molecule has 19 heavy (non-hydrogen) atoms. The van der Waals surface area contributed by atoms with Gasteiger partial charge in [-0.1, -0.05) is 0 Å². The van der Waals surface area contributed by atoms with E-state index in [0.29, 0.717) is 0 Å². The van der Waals surface area contributed by atoms with Crippen molar-refractivity contribution >= 4 is 17.8 Å². The molecule has 0 atom stereocenters. The number of esters is 1. The maximum absolute atomic E-state index is 12.2. The first kappa shape index (κ1) is 15.2. The number of rotatable bonds is 6. The Balaban J connectivity index is 2.82. The first-order chi connectivity index (χ1) is 8.88. The number of carbonyl (C=O) groups is 3. The third-order valence-electron chi connectivity index (χ3n) is 3.06. The molecule has 0 unspecified atom stereocenters. The average molecular weight is 269 g/mol. The fourth-order valence-electron chi connectivity index (χ4n) is 1.63. The monoisotopic (exact) mass is 269 g/mol. The van der Waals surface area contributed by atoms with Crippen LogP contribution in [0.2, 0.25) is 0 Å². The third kappa shape index (κ3) is 4.08. The highest BCUT2D eigenvalue weighted by atomic mass is 16.5. The zero-order chi connectivity index (χ0) is 14.6. The highest BCUT2D eigenvalue weighted by Crippen LogP contribution is 2.28. The van der Waals surface area contributed by atoms with Gasteiger partial charge in [-0.3, -0.25) is 9.59 Å². The molecule has 106 valence electrons. The summed E-state index contributed by atoms with van der Waals surface area (Å²) in [6, 6.07) is 0.0217. The normalized spacial score (nSPS) is 15.5. The van der Waals surface area contributed by atoms with Gasteiger partial charge in [0.05, 0.1) is 6.61 Å². The van der Waals surface area contributed by atoms with E-state index >= 15 is 0 Å². The largest absolute Gasteiger partial charge is 0.478 e. The van der Waals surface area contributed by atoms with Crippen molar-refractivity contribution in [3.8, 4) is 0 Å². The van der Waals surface area contributed by atoms with Crippen molar-refractivity contribution in [2.24, 2.45) is 0 Å². The fourth-order valence-corrected chi connectivity index (χ4v) is 1.63. The molecule has 0 radical (unpaired) electrons. The van der Waals surface area contributed by atoms with Gasteiger partial charge in [-0.2, -0.15) is 0 Å². The summed E-state index contributed by atoms with van der Waals surface area (Å²) in [7, 11) is 0. The van der Waals surface area contributed by atoms with Crippen molar-refractivity contribution in [2.45, 2.75) is 39.7 Å². The van der Waals surface area contributed by atoms with Gasteiger partial charge in [-0.25, -0.2) is 4.79 Å². The average Bonchev–Trinajstić information content (AvgIpc) is 3.17. The van der Waals surface area contributed by atoms with Crippen molar-refractivity contribution in [3.63, 3.8) is 0 Å². The molecule has 0 bridgehead atoms. The van der Waals surface area contributed by atoms with Crippen LogP contribution in [0.25, 0.3) is 0 Å². The first-order valence-corrected chi connectivity index (χ1v) is 6.25. The van der Waals surface area contributed by atoms with E-state index < -0.39 is 17.8 Å². The van der Waals surface area contributed by atoms with Gasteiger partial charge in [0.1, 0.15) is 6.54 Å². The van der Waals surface area contributed by atoms with Gasteiger partial charge >= 0.3 is 11.9 Å². The van der Waals surface area contributed by atoms with E-state index in [1.54, 1.807) is 6.92 Å². The third-order valence-corrected chi connectivity index (χ3v) is 3.06. The van der Waals surface area contributed by atoms with Gasteiger partial charge in [0.2, 0.25) is 0 Å². The minimum atomic E-state index is -1.13. The molecule has 1 amide bonds. The Labute approximate surface area is 112 Å². The number of carboxylic acid groups (broad SMARTS) is 1. The van der Waals surface area contributed by atoms with Crippen LogP contribution in [0.15, 0.2) is 11.1 Å². The van der Waals surface area contributed by atoms with Crippen LogP contribution in [-0.2, 0) is 19.1 Å². The zero-order valence-electron chi connectivity index (χ0n) is 11.4. The smallest absolute Gasteiger partial charge is 0.331 e. The molecule has 6 heteroatoms. The Morgan fingerprint density at radius 1 is 1.21 bits per heavy atom. The molecule has 0 saturated heterocycles.